The number of ether oxygens (including phenoxy) is 2. The quantitative estimate of drug-likeness (QED) is 0.363. The Hall–Kier alpha value is -2.89. The van der Waals surface area contributed by atoms with E-state index in [1.165, 1.54) is 17.5 Å². The Bertz CT molecular complexity index is 1160. The zero-order valence-corrected chi connectivity index (χ0v) is 23.0. The van der Waals surface area contributed by atoms with E-state index in [0.29, 0.717) is 23.5 Å². The molecule has 1 unspecified atom stereocenters. The molecule has 1 N–H and O–H groups in total. The van der Waals surface area contributed by atoms with E-state index in [1.54, 1.807) is 6.07 Å². The van der Waals surface area contributed by atoms with Crippen molar-refractivity contribution in [2.45, 2.75) is 71.8 Å². The summed E-state index contributed by atoms with van der Waals surface area (Å²) in [5.74, 6) is 1.98. The van der Waals surface area contributed by atoms with Gasteiger partial charge in [0.2, 0.25) is 0 Å². The van der Waals surface area contributed by atoms with Gasteiger partial charge in [-0.2, -0.15) is 0 Å². The van der Waals surface area contributed by atoms with E-state index in [-0.39, 0.29) is 11.9 Å². The third-order valence-electron chi connectivity index (χ3n) is 8.76. The van der Waals surface area contributed by atoms with Gasteiger partial charge in [-0.25, -0.2) is 4.79 Å². The molecular formula is C31H42N2O4. The molecule has 200 valence electrons. The van der Waals surface area contributed by atoms with Gasteiger partial charge >= 0.3 is 6.16 Å². The van der Waals surface area contributed by atoms with E-state index in [9.17, 15) is 9.90 Å². The normalized spacial score (nSPS) is 23.5. The molecule has 6 nitrogen and oxygen atoms in total. The van der Waals surface area contributed by atoms with Gasteiger partial charge in [-0.05, 0) is 79.5 Å². The zero-order valence-electron chi connectivity index (χ0n) is 23.0. The van der Waals surface area contributed by atoms with Crippen LogP contribution in [-0.2, 0) is 17.6 Å². The smallest absolute Gasteiger partial charge is 0.507 e. The molecule has 1 aliphatic carbocycles. The van der Waals surface area contributed by atoms with E-state index in [1.807, 2.05) is 12.1 Å². The van der Waals surface area contributed by atoms with Crippen LogP contribution < -0.4 is 14.5 Å². The molecule has 0 bridgehead atoms. The van der Waals surface area contributed by atoms with Crippen LogP contribution in [-0.4, -0.2) is 44.6 Å². The molecule has 0 saturated heterocycles. The fourth-order valence-electron chi connectivity index (χ4n) is 6.81. The summed E-state index contributed by atoms with van der Waals surface area (Å²) >= 11 is 0. The molecule has 37 heavy (non-hydrogen) atoms. The first-order valence-corrected chi connectivity index (χ1v) is 14.1. The number of aryl methyl sites for hydroxylation is 2. The van der Waals surface area contributed by atoms with Crippen molar-refractivity contribution in [3.63, 3.8) is 0 Å². The first-order valence-electron chi connectivity index (χ1n) is 14.1. The van der Waals surface area contributed by atoms with Crippen LogP contribution in [0.15, 0.2) is 24.3 Å². The van der Waals surface area contributed by atoms with Crippen molar-refractivity contribution in [3.8, 4) is 22.6 Å². The number of rotatable bonds is 4. The van der Waals surface area contributed by atoms with Crippen molar-refractivity contribution in [3.05, 3.63) is 35.4 Å². The predicted molar refractivity (Wildman–Crippen MR) is 149 cm³/mol. The van der Waals surface area contributed by atoms with Gasteiger partial charge in [-0.15, -0.1) is 0 Å². The summed E-state index contributed by atoms with van der Waals surface area (Å²) in [6, 6.07) is 7.76. The monoisotopic (exact) mass is 506 g/mol. The second-order valence-electron chi connectivity index (χ2n) is 11.8. The highest BCUT2D eigenvalue weighted by Gasteiger charge is 2.35. The van der Waals surface area contributed by atoms with Crippen molar-refractivity contribution < 1.29 is 19.4 Å². The van der Waals surface area contributed by atoms with Crippen LogP contribution in [0, 0.1) is 17.8 Å². The maximum atomic E-state index is 13.3. The maximum Gasteiger partial charge on any atom is 0.514 e. The highest BCUT2D eigenvalue weighted by molar-refractivity contribution is 5.97. The fourth-order valence-corrected chi connectivity index (χ4v) is 6.81. The topological polar surface area (TPSA) is 62.2 Å². The third kappa shape index (κ3) is 4.99. The number of hydrogen-bond acceptors (Lipinski definition) is 6. The molecule has 2 heterocycles. The number of carbonyl (C=O) groups is 1. The summed E-state index contributed by atoms with van der Waals surface area (Å²) in [6.45, 7) is 8.47. The van der Waals surface area contributed by atoms with Crippen molar-refractivity contribution >= 4 is 17.5 Å². The Morgan fingerprint density at radius 3 is 2.22 bits per heavy atom. The predicted octanol–water partition coefficient (Wildman–Crippen LogP) is 6.80. The number of phenolic OH excluding ortho intramolecular Hbond substituents is 1. The molecule has 3 atom stereocenters. The van der Waals surface area contributed by atoms with Crippen molar-refractivity contribution in [2.24, 2.45) is 17.8 Å². The van der Waals surface area contributed by atoms with Gasteiger partial charge < -0.3 is 24.4 Å². The Balaban J connectivity index is 1.56. The van der Waals surface area contributed by atoms with Crippen molar-refractivity contribution in [1.29, 1.82) is 0 Å². The number of anilines is 2. The second kappa shape index (κ2) is 10.5. The van der Waals surface area contributed by atoms with Gasteiger partial charge in [0.1, 0.15) is 17.6 Å². The molecule has 0 aromatic heterocycles. The number of aromatic hydroxyl groups is 1. The maximum absolute atomic E-state index is 13.3. The van der Waals surface area contributed by atoms with E-state index in [4.69, 9.17) is 9.47 Å². The highest BCUT2D eigenvalue weighted by atomic mass is 16.7. The molecule has 5 rings (SSSR count). The molecule has 2 aromatic carbocycles. The molecule has 1 fully saturated rings. The molecule has 2 aliphatic heterocycles. The number of nitrogens with zero attached hydrogens (tertiary/aromatic N) is 2. The molecule has 0 radical (unpaired) electrons. The molecular weight excluding hydrogens is 464 g/mol. The lowest BCUT2D eigenvalue weighted by Gasteiger charge is -2.36. The average molecular weight is 507 g/mol. The molecule has 0 spiro atoms. The van der Waals surface area contributed by atoms with E-state index in [0.717, 1.165) is 74.1 Å². The molecule has 2 aromatic rings. The van der Waals surface area contributed by atoms with Gasteiger partial charge in [-0.3, -0.25) is 0 Å². The Labute approximate surface area is 221 Å². The number of benzene rings is 2. The number of hydrogen-bond donors (Lipinski definition) is 1. The lowest BCUT2D eigenvalue weighted by atomic mass is 9.75. The van der Waals surface area contributed by atoms with Crippen molar-refractivity contribution in [1.82, 2.24) is 0 Å². The molecule has 6 heteroatoms. The average Bonchev–Trinajstić information content (AvgIpc) is 2.85. The summed E-state index contributed by atoms with van der Waals surface area (Å²) in [6.07, 6.45) is 6.40. The molecule has 3 aliphatic rings. The number of phenols is 1. The lowest BCUT2D eigenvalue weighted by Crippen LogP contribution is -2.36. The lowest BCUT2D eigenvalue weighted by molar-refractivity contribution is -0.0136. The minimum atomic E-state index is -0.651. The molecule has 1 saturated carbocycles. The number of fused-ring (bicyclic) bond motifs is 2. The van der Waals surface area contributed by atoms with Crippen LogP contribution in [0.3, 0.4) is 0 Å². The first kappa shape index (κ1) is 25.7. The summed E-state index contributed by atoms with van der Waals surface area (Å²) in [5.41, 5.74) is 6.02. The minimum absolute atomic E-state index is 0.135. The fraction of sp³-hybridized carbons (Fsp3) is 0.581. The van der Waals surface area contributed by atoms with Crippen LogP contribution in [0.2, 0.25) is 0 Å². The largest absolute Gasteiger partial charge is 0.514 e. The summed E-state index contributed by atoms with van der Waals surface area (Å²) in [7, 11) is 4.15. The van der Waals surface area contributed by atoms with Gasteiger partial charge in [0.05, 0.1) is 22.5 Å². The Kier molecular flexibility index (Phi) is 7.28. The Morgan fingerprint density at radius 2 is 1.57 bits per heavy atom. The summed E-state index contributed by atoms with van der Waals surface area (Å²) in [5, 5.41) is 11.3. The van der Waals surface area contributed by atoms with Gasteiger partial charge in [0.15, 0.2) is 0 Å². The highest BCUT2D eigenvalue weighted by Crippen LogP contribution is 2.51. The SMILES string of the molecule is CC(C)[C@@H]1CC[C@@H](C)CC1OC(=O)Oc1ccc2c(c1-c1c(O)ccc3c1N(C)CCC3)N(C)CCC2. The van der Waals surface area contributed by atoms with Gasteiger partial charge in [-0.1, -0.05) is 39.3 Å². The zero-order chi connectivity index (χ0) is 26.3. The standard InChI is InChI=1S/C31H42N2O4/c1-19(2)23-13-10-20(3)18-26(23)37-31(35)36-25-15-12-22-9-7-17-33(5)30(22)28(25)27-24(34)14-11-21-8-6-16-32(4)29(21)27/h11-12,14-15,19-20,23,26,34H,6-10,13,16-18H2,1-5H3/t20-,23+,26?/m1/s1. The van der Waals surface area contributed by atoms with Crippen LogP contribution >= 0.6 is 0 Å². The minimum Gasteiger partial charge on any atom is -0.507 e. The molecule has 0 amide bonds. The number of carbonyl (C=O) groups excluding carboxylic acids is 1. The van der Waals surface area contributed by atoms with Crippen LogP contribution in [0.1, 0.15) is 64.0 Å². The van der Waals surface area contributed by atoms with Crippen LogP contribution in [0.25, 0.3) is 11.1 Å². The summed E-state index contributed by atoms with van der Waals surface area (Å²) in [4.78, 5) is 17.7. The van der Waals surface area contributed by atoms with Crippen LogP contribution in [0.5, 0.6) is 11.5 Å². The van der Waals surface area contributed by atoms with Gasteiger partial charge in [0, 0.05) is 27.2 Å². The summed E-state index contributed by atoms with van der Waals surface area (Å²) < 4.78 is 12.1. The van der Waals surface area contributed by atoms with E-state index >= 15 is 0 Å². The Morgan fingerprint density at radius 1 is 0.946 bits per heavy atom. The van der Waals surface area contributed by atoms with E-state index in [2.05, 4.69) is 50.7 Å². The van der Waals surface area contributed by atoms with Crippen LogP contribution in [0.4, 0.5) is 16.2 Å². The van der Waals surface area contributed by atoms with Gasteiger partial charge in [0.25, 0.3) is 0 Å². The van der Waals surface area contributed by atoms with Crippen molar-refractivity contribution in [2.75, 3.05) is 37.0 Å². The third-order valence-corrected chi connectivity index (χ3v) is 8.76. The second-order valence-corrected chi connectivity index (χ2v) is 11.8. The first-order chi connectivity index (χ1) is 17.7. The van der Waals surface area contributed by atoms with E-state index < -0.39 is 6.16 Å².